The number of hydrogen-bond acceptors (Lipinski definition) is 2. The molecule has 0 bridgehead atoms. The SMILES string of the molecule is CCCC(C)(NC(C)c1cccc(F)c1)C(=O)O. The van der Waals surface area contributed by atoms with Gasteiger partial charge in [0.05, 0.1) is 0 Å². The van der Waals surface area contributed by atoms with E-state index in [9.17, 15) is 14.3 Å². The first kappa shape index (κ1) is 14.6. The minimum atomic E-state index is -0.986. The molecule has 2 atom stereocenters. The van der Waals surface area contributed by atoms with Crippen LogP contribution in [0.2, 0.25) is 0 Å². The number of carboxylic acid groups (broad SMARTS) is 1. The number of halogens is 1. The lowest BCUT2D eigenvalue weighted by Crippen LogP contribution is -2.50. The zero-order valence-corrected chi connectivity index (χ0v) is 11.0. The molecular formula is C14H20FNO2. The van der Waals surface area contributed by atoms with Crippen molar-refractivity contribution in [3.63, 3.8) is 0 Å². The second-order valence-corrected chi connectivity index (χ2v) is 4.81. The minimum Gasteiger partial charge on any atom is -0.480 e. The summed E-state index contributed by atoms with van der Waals surface area (Å²) < 4.78 is 13.1. The summed E-state index contributed by atoms with van der Waals surface area (Å²) in [5.74, 6) is -1.19. The summed E-state index contributed by atoms with van der Waals surface area (Å²) in [6.07, 6.45) is 1.30. The van der Waals surface area contributed by atoms with E-state index in [4.69, 9.17) is 0 Å². The van der Waals surface area contributed by atoms with Crippen LogP contribution in [0.5, 0.6) is 0 Å². The van der Waals surface area contributed by atoms with Crippen LogP contribution in [-0.4, -0.2) is 16.6 Å². The number of rotatable bonds is 6. The first-order chi connectivity index (χ1) is 8.39. The van der Waals surface area contributed by atoms with Gasteiger partial charge in [0.2, 0.25) is 0 Å². The molecule has 1 rings (SSSR count). The lowest BCUT2D eigenvalue weighted by Gasteiger charge is -2.30. The van der Waals surface area contributed by atoms with Crippen molar-refractivity contribution in [1.29, 1.82) is 0 Å². The smallest absolute Gasteiger partial charge is 0.323 e. The summed E-state index contributed by atoms with van der Waals surface area (Å²) in [5.41, 5.74) is -0.237. The van der Waals surface area contributed by atoms with E-state index in [1.807, 2.05) is 13.8 Å². The summed E-state index contributed by atoms with van der Waals surface area (Å²) in [6, 6.07) is 5.99. The molecule has 100 valence electrons. The lowest BCUT2D eigenvalue weighted by atomic mass is 9.94. The maximum absolute atomic E-state index is 13.1. The number of benzene rings is 1. The standard InChI is InChI=1S/C14H20FNO2/c1-4-8-14(3,13(17)18)16-10(2)11-6-5-7-12(15)9-11/h5-7,9-10,16H,4,8H2,1-3H3,(H,17,18). The van der Waals surface area contributed by atoms with E-state index >= 15 is 0 Å². The molecule has 4 heteroatoms. The van der Waals surface area contributed by atoms with Gasteiger partial charge < -0.3 is 5.11 Å². The van der Waals surface area contributed by atoms with Crippen LogP contribution < -0.4 is 5.32 Å². The van der Waals surface area contributed by atoms with Crippen molar-refractivity contribution in [2.75, 3.05) is 0 Å². The van der Waals surface area contributed by atoms with Crippen LogP contribution in [0.15, 0.2) is 24.3 Å². The molecule has 1 aromatic rings. The fourth-order valence-corrected chi connectivity index (χ4v) is 2.08. The van der Waals surface area contributed by atoms with E-state index in [0.29, 0.717) is 6.42 Å². The Kier molecular flexibility index (Phi) is 4.84. The van der Waals surface area contributed by atoms with Crippen molar-refractivity contribution in [1.82, 2.24) is 5.32 Å². The summed E-state index contributed by atoms with van der Waals surface area (Å²) in [7, 11) is 0. The monoisotopic (exact) mass is 253 g/mol. The van der Waals surface area contributed by atoms with E-state index in [-0.39, 0.29) is 11.9 Å². The number of nitrogens with one attached hydrogen (secondary N) is 1. The molecule has 0 spiro atoms. The van der Waals surface area contributed by atoms with E-state index in [2.05, 4.69) is 5.32 Å². The third-order valence-electron chi connectivity index (χ3n) is 3.11. The average Bonchev–Trinajstić information content (AvgIpc) is 2.29. The molecule has 0 amide bonds. The van der Waals surface area contributed by atoms with Gasteiger partial charge in [0.1, 0.15) is 11.4 Å². The summed E-state index contributed by atoms with van der Waals surface area (Å²) in [5, 5.41) is 12.3. The predicted octanol–water partition coefficient (Wildman–Crippen LogP) is 3.12. The van der Waals surface area contributed by atoms with Crippen molar-refractivity contribution in [2.24, 2.45) is 0 Å². The zero-order chi connectivity index (χ0) is 13.8. The van der Waals surface area contributed by atoms with Gasteiger partial charge in [-0.2, -0.15) is 0 Å². The van der Waals surface area contributed by atoms with Gasteiger partial charge in [-0.15, -0.1) is 0 Å². The zero-order valence-electron chi connectivity index (χ0n) is 11.0. The molecule has 0 aliphatic heterocycles. The number of carboxylic acids is 1. The third kappa shape index (κ3) is 3.53. The fourth-order valence-electron chi connectivity index (χ4n) is 2.08. The molecule has 0 saturated carbocycles. The highest BCUT2D eigenvalue weighted by molar-refractivity contribution is 5.78. The van der Waals surface area contributed by atoms with Gasteiger partial charge in [0.15, 0.2) is 0 Å². The van der Waals surface area contributed by atoms with Crippen LogP contribution in [0.1, 0.15) is 45.2 Å². The van der Waals surface area contributed by atoms with Gasteiger partial charge in [-0.3, -0.25) is 10.1 Å². The van der Waals surface area contributed by atoms with Crippen LogP contribution in [-0.2, 0) is 4.79 Å². The van der Waals surface area contributed by atoms with Crippen molar-refractivity contribution in [3.05, 3.63) is 35.6 Å². The quantitative estimate of drug-likeness (QED) is 0.819. The van der Waals surface area contributed by atoms with Crippen LogP contribution in [0.4, 0.5) is 4.39 Å². The maximum Gasteiger partial charge on any atom is 0.323 e. The Morgan fingerprint density at radius 2 is 2.22 bits per heavy atom. The van der Waals surface area contributed by atoms with Gasteiger partial charge in [-0.25, -0.2) is 4.39 Å². The topological polar surface area (TPSA) is 49.3 Å². The van der Waals surface area contributed by atoms with E-state index in [0.717, 1.165) is 12.0 Å². The van der Waals surface area contributed by atoms with Crippen molar-refractivity contribution < 1.29 is 14.3 Å². The Labute approximate surface area is 107 Å². The molecule has 0 aromatic heterocycles. The molecule has 0 aliphatic carbocycles. The fraction of sp³-hybridized carbons (Fsp3) is 0.500. The van der Waals surface area contributed by atoms with Gasteiger partial charge >= 0.3 is 5.97 Å². The molecular weight excluding hydrogens is 233 g/mol. The third-order valence-corrected chi connectivity index (χ3v) is 3.11. The highest BCUT2D eigenvalue weighted by Gasteiger charge is 2.33. The van der Waals surface area contributed by atoms with Crippen LogP contribution in [0, 0.1) is 5.82 Å². The number of aliphatic carboxylic acids is 1. The molecule has 2 unspecified atom stereocenters. The predicted molar refractivity (Wildman–Crippen MR) is 68.9 cm³/mol. The largest absolute Gasteiger partial charge is 0.480 e. The van der Waals surface area contributed by atoms with Gasteiger partial charge in [-0.1, -0.05) is 25.5 Å². The Bertz CT molecular complexity index is 422. The Morgan fingerprint density at radius 3 is 2.72 bits per heavy atom. The first-order valence-corrected chi connectivity index (χ1v) is 6.15. The minimum absolute atomic E-state index is 0.214. The van der Waals surface area contributed by atoms with Crippen molar-refractivity contribution >= 4 is 5.97 Å². The summed E-state index contributed by atoms with van der Waals surface area (Å²) in [6.45, 7) is 5.44. The Morgan fingerprint density at radius 1 is 1.56 bits per heavy atom. The highest BCUT2D eigenvalue weighted by atomic mass is 19.1. The normalized spacial score (nSPS) is 16.0. The van der Waals surface area contributed by atoms with E-state index in [1.165, 1.54) is 12.1 Å². The van der Waals surface area contributed by atoms with E-state index < -0.39 is 11.5 Å². The molecule has 18 heavy (non-hydrogen) atoms. The Balaban J connectivity index is 2.85. The molecule has 1 aromatic carbocycles. The summed E-state index contributed by atoms with van der Waals surface area (Å²) >= 11 is 0. The van der Waals surface area contributed by atoms with Gasteiger partial charge in [0, 0.05) is 6.04 Å². The van der Waals surface area contributed by atoms with Crippen molar-refractivity contribution in [2.45, 2.75) is 45.2 Å². The molecule has 3 nitrogen and oxygen atoms in total. The van der Waals surface area contributed by atoms with Gasteiger partial charge in [0.25, 0.3) is 0 Å². The van der Waals surface area contributed by atoms with Crippen LogP contribution in [0.25, 0.3) is 0 Å². The lowest BCUT2D eigenvalue weighted by molar-refractivity contribution is -0.144. The maximum atomic E-state index is 13.1. The second kappa shape index (κ2) is 5.96. The summed E-state index contributed by atoms with van der Waals surface area (Å²) in [4.78, 5) is 11.3. The molecule has 0 heterocycles. The molecule has 2 N–H and O–H groups in total. The average molecular weight is 253 g/mol. The van der Waals surface area contributed by atoms with Crippen molar-refractivity contribution in [3.8, 4) is 0 Å². The molecule has 0 fully saturated rings. The van der Waals surface area contributed by atoms with E-state index in [1.54, 1.807) is 19.1 Å². The van der Waals surface area contributed by atoms with Crippen LogP contribution in [0.3, 0.4) is 0 Å². The molecule has 0 aliphatic rings. The number of carbonyl (C=O) groups is 1. The molecule has 0 radical (unpaired) electrons. The highest BCUT2D eigenvalue weighted by Crippen LogP contribution is 2.21. The number of hydrogen-bond donors (Lipinski definition) is 2. The second-order valence-electron chi connectivity index (χ2n) is 4.81. The first-order valence-electron chi connectivity index (χ1n) is 6.15. The molecule has 0 saturated heterocycles. The Hall–Kier alpha value is -1.42. The van der Waals surface area contributed by atoms with Crippen LogP contribution >= 0.6 is 0 Å². The van der Waals surface area contributed by atoms with Gasteiger partial charge in [-0.05, 0) is 38.0 Å².